The number of benzene rings is 1. The van der Waals surface area contributed by atoms with Gasteiger partial charge in [0, 0.05) is 41.3 Å². The molecule has 1 aromatic carbocycles. The predicted molar refractivity (Wildman–Crippen MR) is 120 cm³/mol. The summed E-state index contributed by atoms with van der Waals surface area (Å²) < 4.78 is 4.96. The fraction of sp³-hybridized carbons (Fsp3) is 0.273. The van der Waals surface area contributed by atoms with E-state index < -0.39 is 18.0 Å². The van der Waals surface area contributed by atoms with Crippen molar-refractivity contribution in [1.82, 2.24) is 14.8 Å². The SMILES string of the molecule is C=C(C)OC(=O)N(C)CCN1Cc2nc(C)c(C(=O)O)c(-c3ccc(Cl)cc3Cl)c2C1=O. The molecule has 168 valence electrons. The normalized spacial score (nSPS) is 12.5. The molecule has 2 aromatic rings. The topological polar surface area (TPSA) is 100 Å². The molecule has 8 nitrogen and oxygen atoms in total. The highest BCUT2D eigenvalue weighted by Crippen LogP contribution is 2.39. The molecule has 0 spiro atoms. The second-order valence-electron chi connectivity index (χ2n) is 7.42. The lowest BCUT2D eigenvalue weighted by molar-refractivity contribution is 0.0696. The van der Waals surface area contributed by atoms with Crippen LogP contribution in [0.4, 0.5) is 4.79 Å². The summed E-state index contributed by atoms with van der Waals surface area (Å²) in [7, 11) is 1.54. The Balaban J connectivity index is 1.99. The number of carbonyl (C=O) groups excluding carboxylic acids is 2. The fourth-order valence-corrected chi connectivity index (χ4v) is 4.02. The van der Waals surface area contributed by atoms with Crippen molar-refractivity contribution < 1.29 is 24.2 Å². The van der Waals surface area contributed by atoms with Crippen molar-refractivity contribution in [3.05, 3.63) is 63.1 Å². The minimum absolute atomic E-state index is 0.0923. The first-order valence-corrected chi connectivity index (χ1v) is 10.4. The Labute approximate surface area is 195 Å². The Kier molecular flexibility index (Phi) is 6.76. The highest BCUT2D eigenvalue weighted by molar-refractivity contribution is 6.37. The van der Waals surface area contributed by atoms with Crippen LogP contribution in [0.2, 0.25) is 10.0 Å². The Bertz CT molecular complexity index is 1150. The minimum Gasteiger partial charge on any atom is -0.478 e. The lowest BCUT2D eigenvalue weighted by Crippen LogP contribution is -2.36. The highest BCUT2D eigenvalue weighted by Gasteiger charge is 2.36. The molecule has 2 heterocycles. The number of hydrogen-bond acceptors (Lipinski definition) is 5. The molecule has 2 amide bonds. The van der Waals surface area contributed by atoms with Gasteiger partial charge in [-0.3, -0.25) is 9.78 Å². The third-order valence-electron chi connectivity index (χ3n) is 4.99. The zero-order chi connectivity index (χ0) is 23.7. The van der Waals surface area contributed by atoms with Gasteiger partial charge in [-0.25, -0.2) is 9.59 Å². The number of hydrogen-bond donors (Lipinski definition) is 1. The molecule has 0 atom stereocenters. The fourth-order valence-electron chi connectivity index (χ4n) is 3.51. The van der Waals surface area contributed by atoms with Crippen LogP contribution in [0.3, 0.4) is 0 Å². The number of carboxylic acids is 1. The van der Waals surface area contributed by atoms with E-state index >= 15 is 0 Å². The predicted octanol–water partition coefficient (Wildman–Crippen LogP) is 4.62. The maximum Gasteiger partial charge on any atom is 0.414 e. The summed E-state index contributed by atoms with van der Waals surface area (Å²) >= 11 is 12.4. The summed E-state index contributed by atoms with van der Waals surface area (Å²) in [6.45, 7) is 7.24. The largest absolute Gasteiger partial charge is 0.478 e. The third kappa shape index (κ3) is 4.56. The number of carbonyl (C=O) groups is 3. The quantitative estimate of drug-likeness (QED) is 0.609. The highest BCUT2D eigenvalue weighted by atomic mass is 35.5. The van der Waals surface area contributed by atoms with E-state index in [-0.39, 0.29) is 52.8 Å². The van der Waals surface area contributed by atoms with Crippen LogP contribution in [0, 0.1) is 6.92 Å². The van der Waals surface area contributed by atoms with E-state index in [1.54, 1.807) is 33.0 Å². The number of likely N-dealkylation sites (N-methyl/N-ethyl adjacent to an activating group) is 1. The number of carboxylic acid groups (broad SMARTS) is 1. The Morgan fingerprint density at radius 1 is 1.31 bits per heavy atom. The van der Waals surface area contributed by atoms with Crippen molar-refractivity contribution in [3.63, 3.8) is 0 Å². The summed E-state index contributed by atoms with van der Waals surface area (Å²) in [6.07, 6.45) is -0.586. The molecule has 10 heteroatoms. The van der Waals surface area contributed by atoms with Gasteiger partial charge in [-0.05, 0) is 26.0 Å². The van der Waals surface area contributed by atoms with E-state index in [1.165, 1.54) is 15.9 Å². The first-order chi connectivity index (χ1) is 15.0. The lowest BCUT2D eigenvalue weighted by atomic mass is 9.93. The van der Waals surface area contributed by atoms with Crippen LogP contribution in [0.25, 0.3) is 11.1 Å². The average Bonchev–Trinajstić information content (AvgIpc) is 2.99. The van der Waals surface area contributed by atoms with Crippen LogP contribution in [0.5, 0.6) is 0 Å². The molecule has 3 rings (SSSR count). The molecule has 0 saturated carbocycles. The summed E-state index contributed by atoms with van der Waals surface area (Å²) in [5, 5.41) is 10.5. The second-order valence-corrected chi connectivity index (χ2v) is 8.26. The van der Waals surface area contributed by atoms with Gasteiger partial charge in [0.2, 0.25) is 0 Å². The van der Waals surface area contributed by atoms with Crippen LogP contribution in [0.1, 0.15) is 39.0 Å². The van der Waals surface area contributed by atoms with E-state index in [2.05, 4.69) is 11.6 Å². The first-order valence-electron chi connectivity index (χ1n) is 9.61. The molecule has 32 heavy (non-hydrogen) atoms. The molecule has 0 saturated heterocycles. The molecule has 0 unspecified atom stereocenters. The van der Waals surface area contributed by atoms with Gasteiger partial charge in [0.15, 0.2) is 0 Å². The number of nitrogens with zero attached hydrogens (tertiary/aromatic N) is 3. The summed E-state index contributed by atoms with van der Waals surface area (Å²) in [5.74, 6) is -1.35. The number of aromatic carboxylic acids is 1. The van der Waals surface area contributed by atoms with Gasteiger partial charge in [0.25, 0.3) is 5.91 Å². The molecule has 1 aliphatic rings. The van der Waals surface area contributed by atoms with E-state index in [4.69, 9.17) is 27.9 Å². The molecule has 0 fully saturated rings. The van der Waals surface area contributed by atoms with Crippen LogP contribution >= 0.6 is 23.2 Å². The summed E-state index contributed by atoms with van der Waals surface area (Å²) in [5.41, 5.74) is 1.41. The smallest absolute Gasteiger partial charge is 0.414 e. The Morgan fingerprint density at radius 2 is 2.00 bits per heavy atom. The summed E-state index contributed by atoms with van der Waals surface area (Å²) in [4.78, 5) is 44.5. The summed E-state index contributed by atoms with van der Waals surface area (Å²) in [6, 6.07) is 4.66. The van der Waals surface area contributed by atoms with E-state index in [0.717, 1.165) is 0 Å². The van der Waals surface area contributed by atoms with Gasteiger partial charge >= 0.3 is 12.1 Å². The molecule has 0 radical (unpaired) electrons. The van der Waals surface area contributed by atoms with Gasteiger partial charge in [0.1, 0.15) is 0 Å². The number of pyridine rings is 1. The molecule has 0 aliphatic carbocycles. The molecule has 1 aliphatic heterocycles. The monoisotopic (exact) mass is 477 g/mol. The van der Waals surface area contributed by atoms with Crippen molar-refractivity contribution in [2.24, 2.45) is 0 Å². The average molecular weight is 478 g/mol. The maximum absolute atomic E-state index is 13.3. The standard InChI is InChI=1S/C22H21Cl2N3O5/c1-11(2)32-22(31)26(4)7-8-27-10-16-19(20(27)28)18(17(21(29)30)12(3)25-16)14-6-5-13(23)9-15(14)24/h5-6,9H,1,7-8,10H2,2-4H3,(H,29,30). The van der Waals surface area contributed by atoms with Gasteiger partial charge in [-0.15, -0.1) is 0 Å². The van der Waals surface area contributed by atoms with Crippen molar-refractivity contribution >= 4 is 41.2 Å². The number of fused-ring (bicyclic) bond motifs is 1. The number of rotatable bonds is 6. The van der Waals surface area contributed by atoms with Gasteiger partial charge in [-0.2, -0.15) is 0 Å². The van der Waals surface area contributed by atoms with E-state index in [9.17, 15) is 19.5 Å². The Morgan fingerprint density at radius 3 is 2.59 bits per heavy atom. The molecular weight excluding hydrogens is 457 g/mol. The van der Waals surface area contributed by atoms with E-state index in [0.29, 0.717) is 16.3 Å². The number of ether oxygens (including phenoxy) is 1. The van der Waals surface area contributed by atoms with Crippen LogP contribution in [-0.4, -0.2) is 58.0 Å². The van der Waals surface area contributed by atoms with Gasteiger partial charge in [0.05, 0.1) is 34.8 Å². The minimum atomic E-state index is -1.22. The van der Waals surface area contributed by atoms with Gasteiger partial charge < -0.3 is 19.6 Å². The number of aryl methyl sites for hydroxylation is 1. The van der Waals surface area contributed by atoms with Crippen molar-refractivity contribution in [2.75, 3.05) is 20.1 Å². The lowest BCUT2D eigenvalue weighted by Gasteiger charge is -2.21. The van der Waals surface area contributed by atoms with Crippen LogP contribution in [-0.2, 0) is 11.3 Å². The van der Waals surface area contributed by atoms with Crippen molar-refractivity contribution in [1.29, 1.82) is 0 Å². The number of allylic oxidation sites excluding steroid dienone is 1. The van der Waals surface area contributed by atoms with Crippen LogP contribution < -0.4 is 0 Å². The molecule has 1 N–H and O–H groups in total. The van der Waals surface area contributed by atoms with Crippen LogP contribution in [0.15, 0.2) is 30.5 Å². The molecule has 0 bridgehead atoms. The van der Waals surface area contributed by atoms with Crippen molar-refractivity contribution in [2.45, 2.75) is 20.4 Å². The van der Waals surface area contributed by atoms with Crippen molar-refractivity contribution in [3.8, 4) is 11.1 Å². The third-order valence-corrected chi connectivity index (χ3v) is 5.54. The Hall–Kier alpha value is -3.10. The van der Waals surface area contributed by atoms with E-state index in [1.807, 2.05) is 0 Å². The zero-order valence-electron chi connectivity index (χ0n) is 17.7. The number of amides is 2. The number of halogens is 2. The molecule has 1 aromatic heterocycles. The van der Waals surface area contributed by atoms with Gasteiger partial charge in [-0.1, -0.05) is 35.8 Å². The molecular formula is C22H21Cl2N3O5. The first kappa shape index (κ1) is 23.6. The zero-order valence-corrected chi connectivity index (χ0v) is 19.3. The second kappa shape index (κ2) is 9.18. The number of aromatic nitrogens is 1. The maximum atomic E-state index is 13.3.